The molecule has 0 aliphatic carbocycles. The Labute approximate surface area is 144 Å². The molecule has 24 heavy (non-hydrogen) atoms. The van der Waals surface area contributed by atoms with Gasteiger partial charge in [-0.05, 0) is 42.0 Å². The summed E-state index contributed by atoms with van der Waals surface area (Å²) in [6.07, 6.45) is 1.46. The first-order chi connectivity index (χ1) is 11.6. The van der Waals surface area contributed by atoms with Crippen LogP contribution in [0.25, 0.3) is 0 Å². The van der Waals surface area contributed by atoms with Gasteiger partial charge in [-0.2, -0.15) is 5.10 Å². The monoisotopic (exact) mass is 346 g/mol. The van der Waals surface area contributed by atoms with E-state index < -0.39 is 11.9 Å². The van der Waals surface area contributed by atoms with Crippen LogP contribution < -0.4 is 10.2 Å². The van der Waals surface area contributed by atoms with Crippen LogP contribution in [-0.2, 0) is 9.53 Å². The number of hydrazone groups is 1. The van der Waals surface area contributed by atoms with Crippen molar-refractivity contribution in [2.75, 3.05) is 13.7 Å². The highest BCUT2D eigenvalue weighted by Crippen LogP contribution is 2.15. The average Bonchev–Trinajstić information content (AvgIpc) is 2.61. The van der Waals surface area contributed by atoms with Crippen molar-refractivity contribution in [1.29, 1.82) is 0 Å². The Balaban J connectivity index is 1.79. The first kappa shape index (κ1) is 17.5. The zero-order valence-electron chi connectivity index (χ0n) is 12.9. The van der Waals surface area contributed by atoms with Gasteiger partial charge < -0.3 is 9.47 Å². The van der Waals surface area contributed by atoms with E-state index in [1.165, 1.54) is 13.3 Å². The van der Waals surface area contributed by atoms with Crippen LogP contribution in [0.4, 0.5) is 0 Å². The van der Waals surface area contributed by atoms with Gasteiger partial charge in [-0.15, -0.1) is 0 Å². The van der Waals surface area contributed by atoms with Crippen LogP contribution in [-0.4, -0.2) is 31.8 Å². The van der Waals surface area contributed by atoms with Gasteiger partial charge in [0.2, 0.25) is 0 Å². The molecule has 2 aromatic rings. The third-order valence-electron chi connectivity index (χ3n) is 2.92. The lowest BCUT2D eigenvalue weighted by molar-refractivity contribution is -0.123. The number of halogens is 1. The lowest BCUT2D eigenvalue weighted by Crippen LogP contribution is -2.24. The number of amides is 1. The standard InChI is InChI=1S/C17H15ClN2O4/c1-23-17(22)13-4-2-12(3-5-13)10-19-20-16(21)11-24-15-8-6-14(18)7-9-15/h2-10H,11H2,1H3,(H,20,21)/b19-10-. The Morgan fingerprint density at radius 2 is 1.79 bits per heavy atom. The summed E-state index contributed by atoms with van der Waals surface area (Å²) in [5.74, 6) is -0.268. The van der Waals surface area contributed by atoms with Crippen LogP contribution >= 0.6 is 11.6 Å². The zero-order valence-corrected chi connectivity index (χ0v) is 13.6. The predicted molar refractivity (Wildman–Crippen MR) is 90.5 cm³/mol. The van der Waals surface area contributed by atoms with Crippen molar-refractivity contribution in [1.82, 2.24) is 5.43 Å². The summed E-state index contributed by atoms with van der Waals surface area (Å²) in [5, 5.41) is 4.41. The van der Waals surface area contributed by atoms with Crippen LogP contribution in [0.3, 0.4) is 0 Å². The Hall–Kier alpha value is -2.86. The van der Waals surface area contributed by atoms with E-state index >= 15 is 0 Å². The van der Waals surface area contributed by atoms with Crippen molar-refractivity contribution in [2.24, 2.45) is 5.10 Å². The van der Waals surface area contributed by atoms with Crippen LogP contribution in [0.1, 0.15) is 15.9 Å². The molecule has 0 aliphatic rings. The summed E-state index contributed by atoms with van der Waals surface area (Å²) in [6, 6.07) is 13.3. The molecule has 0 heterocycles. The van der Waals surface area contributed by atoms with Crippen LogP contribution in [0.5, 0.6) is 5.75 Å². The second-order valence-corrected chi connectivity index (χ2v) is 5.09. The molecule has 0 saturated heterocycles. The summed E-state index contributed by atoms with van der Waals surface area (Å²) in [6.45, 7) is -0.166. The van der Waals surface area contributed by atoms with E-state index in [0.29, 0.717) is 16.3 Å². The molecule has 0 saturated carbocycles. The Kier molecular flexibility index (Phi) is 6.33. The minimum Gasteiger partial charge on any atom is -0.484 e. The second-order valence-electron chi connectivity index (χ2n) is 4.65. The highest BCUT2D eigenvalue weighted by Gasteiger charge is 2.04. The third-order valence-corrected chi connectivity index (χ3v) is 3.17. The minimum absolute atomic E-state index is 0.166. The maximum Gasteiger partial charge on any atom is 0.337 e. The predicted octanol–water partition coefficient (Wildman–Crippen LogP) is 2.66. The normalized spacial score (nSPS) is 10.4. The first-order valence-corrected chi connectivity index (χ1v) is 7.35. The van der Waals surface area contributed by atoms with Crippen molar-refractivity contribution in [3.8, 4) is 5.75 Å². The first-order valence-electron chi connectivity index (χ1n) is 6.97. The summed E-state index contributed by atoms with van der Waals surface area (Å²) in [4.78, 5) is 22.9. The molecular weight excluding hydrogens is 332 g/mol. The fourth-order valence-electron chi connectivity index (χ4n) is 1.71. The van der Waals surface area contributed by atoms with Crippen molar-refractivity contribution >= 4 is 29.7 Å². The van der Waals surface area contributed by atoms with E-state index in [9.17, 15) is 9.59 Å². The number of carbonyl (C=O) groups excluding carboxylic acids is 2. The summed E-state index contributed by atoms with van der Waals surface area (Å²) < 4.78 is 9.89. The van der Waals surface area contributed by atoms with E-state index in [2.05, 4.69) is 15.3 Å². The van der Waals surface area contributed by atoms with Crippen molar-refractivity contribution in [3.63, 3.8) is 0 Å². The van der Waals surface area contributed by atoms with Gasteiger partial charge in [-0.1, -0.05) is 23.7 Å². The summed E-state index contributed by atoms with van der Waals surface area (Å²) in [5.41, 5.74) is 3.51. The Morgan fingerprint density at radius 1 is 1.12 bits per heavy atom. The van der Waals surface area contributed by atoms with Gasteiger partial charge in [-0.3, -0.25) is 4.79 Å². The van der Waals surface area contributed by atoms with Gasteiger partial charge in [0.05, 0.1) is 18.9 Å². The van der Waals surface area contributed by atoms with Gasteiger partial charge in [0, 0.05) is 5.02 Å². The molecule has 2 rings (SSSR count). The van der Waals surface area contributed by atoms with E-state index in [0.717, 1.165) is 5.56 Å². The molecule has 0 bridgehead atoms. The highest BCUT2D eigenvalue weighted by molar-refractivity contribution is 6.30. The number of ether oxygens (including phenoxy) is 2. The average molecular weight is 347 g/mol. The van der Waals surface area contributed by atoms with Gasteiger partial charge in [0.1, 0.15) is 5.75 Å². The van der Waals surface area contributed by atoms with Crippen LogP contribution in [0.2, 0.25) is 5.02 Å². The number of esters is 1. The molecule has 124 valence electrons. The van der Waals surface area contributed by atoms with E-state index in [1.807, 2.05) is 0 Å². The fourth-order valence-corrected chi connectivity index (χ4v) is 1.84. The highest BCUT2D eigenvalue weighted by atomic mass is 35.5. The quantitative estimate of drug-likeness (QED) is 0.495. The minimum atomic E-state index is -0.411. The van der Waals surface area contributed by atoms with Crippen molar-refractivity contribution < 1.29 is 19.1 Å². The number of nitrogens with zero attached hydrogens (tertiary/aromatic N) is 1. The third kappa shape index (κ3) is 5.40. The SMILES string of the molecule is COC(=O)c1ccc(/C=N\NC(=O)COc2ccc(Cl)cc2)cc1. The molecule has 0 aromatic heterocycles. The smallest absolute Gasteiger partial charge is 0.337 e. The molecule has 1 amide bonds. The number of methoxy groups -OCH3 is 1. The van der Waals surface area contributed by atoms with E-state index in [4.69, 9.17) is 16.3 Å². The number of rotatable bonds is 6. The number of hydrogen-bond acceptors (Lipinski definition) is 5. The number of carbonyl (C=O) groups is 2. The summed E-state index contributed by atoms with van der Waals surface area (Å²) >= 11 is 5.76. The van der Waals surface area contributed by atoms with Crippen molar-refractivity contribution in [3.05, 3.63) is 64.7 Å². The van der Waals surface area contributed by atoms with Gasteiger partial charge in [-0.25, -0.2) is 10.2 Å². The molecule has 0 radical (unpaired) electrons. The molecule has 7 heteroatoms. The maximum atomic E-state index is 11.6. The van der Waals surface area contributed by atoms with E-state index in [-0.39, 0.29) is 6.61 Å². The largest absolute Gasteiger partial charge is 0.484 e. The molecule has 0 unspecified atom stereocenters. The lowest BCUT2D eigenvalue weighted by Gasteiger charge is -2.04. The van der Waals surface area contributed by atoms with Gasteiger partial charge in [0.25, 0.3) is 5.91 Å². The summed E-state index contributed by atoms with van der Waals surface area (Å²) in [7, 11) is 1.32. The molecule has 0 aliphatic heterocycles. The lowest BCUT2D eigenvalue weighted by atomic mass is 10.1. The number of hydrogen-bond donors (Lipinski definition) is 1. The zero-order chi connectivity index (χ0) is 17.4. The Bertz CT molecular complexity index is 727. The second kappa shape index (κ2) is 8.69. The van der Waals surface area contributed by atoms with Crippen LogP contribution in [0.15, 0.2) is 53.6 Å². The maximum absolute atomic E-state index is 11.6. The Morgan fingerprint density at radius 3 is 2.42 bits per heavy atom. The molecule has 0 spiro atoms. The number of nitrogens with one attached hydrogen (secondary N) is 1. The fraction of sp³-hybridized carbons (Fsp3) is 0.118. The van der Waals surface area contributed by atoms with Crippen LogP contribution in [0, 0.1) is 0 Å². The molecule has 6 nitrogen and oxygen atoms in total. The molecular formula is C17H15ClN2O4. The van der Waals surface area contributed by atoms with Crippen molar-refractivity contribution in [2.45, 2.75) is 0 Å². The number of benzene rings is 2. The molecule has 0 atom stereocenters. The molecule has 2 aromatic carbocycles. The molecule has 0 fully saturated rings. The van der Waals surface area contributed by atoms with Gasteiger partial charge in [0.15, 0.2) is 6.61 Å². The van der Waals surface area contributed by atoms with E-state index in [1.54, 1.807) is 48.5 Å². The van der Waals surface area contributed by atoms with Gasteiger partial charge >= 0.3 is 5.97 Å². The molecule has 1 N–H and O–H groups in total. The topological polar surface area (TPSA) is 77.0 Å².